The lowest BCUT2D eigenvalue weighted by molar-refractivity contribution is 0.319. The summed E-state index contributed by atoms with van der Waals surface area (Å²) in [5.41, 5.74) is 5.82. The third-order valence-electron chi connectivity index (χ3n) is 7.75. The molecule has 4 nitrogen and oxygen atoms in total. The first-order chi connectivity index (χ1) is 17.6. The summed E-state index contributed by atoms with van der Waals surface area (Å²) in [5.74, 6) is 0.0551. The summed E-state index contributed by atoms with van der Waals surface area (Å²) in [6, 6.07) is 22.4. The number of aromatic nitrogens is 1. The van der Waals surface area contributed by atoms with Crippen molar-refractivity contribution < 1.29 is 12.8 Å². The number of sulfonamides is 1. The Morgan fingerprint density at radius 2 is 1.51 bits per heavy atom. The van der Waals surface area contributed by atoms with Gasteiger partial charge in [-0.05, 0) is 78.1 Å². The molecule has 0 spiro atoms. The molecule has 1 aromatic heterocycles. The first-order valence-corrected chi connectivity index (χ1v) is 14.4. The van der Waals surface area contributed by atoms with E-state index in [4.69, 9.17) is 0 Å². The highest BCUT2D eigenvalue weighted by atomic mass is 32.2. The Labute approximate surface area is 219 Å². The van der Waals surface area contributed by atoms with E-state index in [2.05, 4.69) is 50.5 Å². The minimum Gasteiger partial charge on any atom is -0.340 e. The van der Waals surface area contributed by atoms with Crippen LogP contribution in [0.15, 0.2) is 77.7 Å². The summed E-state index contributed by atoms with van der Waals surface area (Å²) >= 11 is 0. The number of hydrogen-bond acceptors (Lipinski definition) is 2. The number of rotatable bonds is 5. The molecule has 1 aliphatic heterocycles. The summed E-state index contributed by atoms with van der Waals surface area (Å²) in [6.45, 7) is 10.2. The molecule has 0 saturated carbocycles. The molecule has 2 heterocycles. The molecule has 4 aromatic rings. The van der Waals surface area contributed by atoms with E-state index in [1.807, 2.05) is 30.3 Å². The average molecular weight is 519 g/mol. The van der Waals surface area contributed by atoms with Crippen LogP contribution in [-0.2, 0) is 22.0 Å². The van der Waals surface area contributed by atoms with Crippen LogP contribution >= 0.6 is 0 Å². The summed E-state index contributed by atoms with van der Waals surface area (Å²) in [4.78, 5) is 0.367. The van der Waals surface area contributed by atoms with E-state index in [9.17, 15) is 12.8 Å². The first kappa shape index (κ1) is 25.7. The van der Waals surface area contributed by atoms with Gasteiger partial charge >= 0.3 is 0 Å². The number of nitrogens with zero attached hydrogens (tertiary/aromatic N) is 2. The second-order valence-corrected chi connectivity index (χ2v) is 13.1. The highest BCUT2D eigenvalue weighted by Gasteiger charge is 2.32. The number of para-hydroxylation sites is 1. The molecule has 0 aliphatic carbocycles. The van der Waals surface area contributed by atoms with Crippen molar-refractivity contribution in [3.05, 3.63) is 101 Å². The highest BCUT2D eigenvalue weighted by Crippen LogP contribution is 2.39. The fraction of sp³-hybridized carbons (Fsp3) is 0.355. The summed E-state index contributed by atoms with van der Waals surface area (Å²) in [5, 5.41) is 1.22. The Kier molecular flexibility index (Phi) is 6.75. The molecular weight excluding hydrogens is 483 g/mol. The smallest absolute Gasteiger partial charge is 0.243 e. The van der Waals surface area contributed by atoms with Crippen molar-refractivity contribution >= 4 is 20.9 Å². The second-order valence-electron chi connectivity index (χ2n) is 11.2. The first-order valence-electron chi connectivity index (χ1n) is 13.0. The van der Waals surface area contributed by atoms with Gasteiger partial charge in [0.05, 0.1) is 4.90 Å². The molecule has 0 bridgehead atoms. The molecule has 0 unspecified atom stereocenters. The molecule has 6 heteroatoms. The maximum absolute atomic E-state index is 13.4. The van der Waals surface area contributed by atoms with Crippen LogP contribution < -0.4 is 0 Å². The van der Waals surface area contributed by atoms with Crippen molar-refractivity contribution in [2.24, 2.45) is 0 Å². The fourth-order valence-electron chi connectivity index (χ4n) is 5.61. The summed E-state index contributed by atoms with van der Waals surface area (Å²) < 4.78 is 44.2. The predicted octanol–water partition coefficient (Wildman–Crippen LogP) is 7.00. The van der Waals surface area contributed by atoms with Crippen molar-refractivity contribution in [2.45, 2.75) is 63.3 Å². The molecule has 0 radical (unpaired) electrons. The van der Waals surface area contributed by atoms with Crippen molar-refractivity contribution in [3.8, 4) is 0 Å². The molecule has 0 atom stereocenters. The van der Waals surface area contributed by atoms with Gasteiger partial charge in [0.25, 0.3) is 0 Å². The van der Waals surface area contributed by atoms with E-state index in [1.54, 1.807) is 16.4 Å². The second kappa shape index (κ2) is 9.73. The number of hydrogen-bond donors (Lipinski definition) is 0. The molecule has 194 valence electrons. The Morgan fingerprint density at radius 3 is 2.14 bits per heavy atom. The fourth-order valence-corrected chi connectivity index (χ4v) is 7.08. The zero-order valence-corrected chi connectivity index (χ0v) is 22.9. The van der Waals surface area contributed by atoms with E-state index >= 15 is 0 Å². The maximum atomic E-state index is 13.4. The summed E-state index contributed by atoms with van der Waals surface area (Å²) in [6.07, 6.45) is 1.56. The number of benzene rings is 3. The van der Waals surface area contributed by atoms with Crippen LogP contribution in [-0.4, -0.2) is 30.4 Å². The van der Waals surface area contributed by atoms with Gasteiger partial charge in [-0.2, -0.15) is 4.31 Å². The molecule has 1 aliphatic rings. The Morgan fingerprint density at radius 1 is 0.892 bits per heavy atom. The van der Waals surface area contributed by atoms with Gasteiger partial charge < -0.3 is 4.57 Å². The molecule has 1 saturated heterocycles. The monoisotopic (exact) mass is 518 g/mol. The molecule has 3 aromatic carbocycles. The van der Waals surface area contributed by atoms with Crippen LogP contribution in [0.3, 0.4) is 0 Å². The maximum Gasteiger partial charge on any atom is 0.243 e. The lowest BCUT2D eigenvalue weighted by Crippen LogP contribution is -2.38. The zero-order chi connectivity index (χ0) is 26.4. The molecule has 37 heavy (non-hydrogen) atoms. The number of fused-ring (bicyclic) bond motifs is 1. The van der Waals surface area contributed by atoms with Crippen molar-refractivity contribution in [1.82, 2.24) is 8.87 Å². The van der Waals surface area contributed by atoms with Gasteiger partial charge in [-0.1, -0.05) is 63.2 Å². The highest BCUT2D eigenvalue weighted by molar-refractivity contribution is 7.89. The molecule has 0 amide bonds. The molecule has 0 N–H and O–H groups in total. The summed E-state index contributed by atoms with van der Waals surface area (Å²) in [7, 11) is -3.52. The largest absolute Gasteiger partial charge is 0.340 e. The molecule has 5 rings (SSSR count). The third kappa shape index (κ3) is 4.97. The minimum atomic E-state index is -3.52. The lowest BCUT2D eigenvalue weighted by atomic mass is 9.87. The van der Waals surface area contributed by atoms with Gasteiger partial charge in [0.2, 0.25) is 10.0 Å². The zero-order valence-electron chi connectivity index (χ0n) is 22.0. The van der Waals surface area contributed by atoms with Gasteiger partial charge in [0.15, 0.2) is 0 Å². The van der Waals surface area contributed by atoms with Crippen LogP contribution in [0.1, 0.15) is 61.9 Å². The van der Waals surface area contributed by atoms with Crippen LogP contribution in [0.5, 0.6) is 0 Å². The topological polar surface area (TPSA) is 42.3 Å². The van der Waals surface area contributed by atoms with Gasteiger partial charge in [-0.15, -0.1) is 0 Å². The van der Waals surface area contributed by atoms with Crippen molar-refractivity contribution in [3.63, 3.8) is 0 Å². The van der Waals surface area contributed by atoms with E-state index in [0.717, 1.165) is 29.5 Å². The van der Waals surface area contributed by atoms with Gasteiger partial charge in [0.1, 0.15) is 5.82 Å². The SMILES string of the molecule is Cc1c(C2CCN(S(=O)(=O)c3ccc(C(C)(C)C)cc3)CC2)c2ccccc2n1Cc1ccc(F)cc1. The van der Waals surface area contributed by atoms with Crippen molar-refractivity contribution in [2.75, 3.05) is 13.1 Å². The van der Waals surface area contributed by atoms with Crippen LogP contribution in [0.2, 0.25) is 0 Å². The Hall–Kier alpha value is -2.96. The van der Waals surface area contributed by atoms with E-state index < -0.39 is 10.0 Å². The molecular formula is C31H35FN2O2S. The quantitative estimate of drug-likeness (QED) is 0.285. The van der Waals surface area contributed by atoms with E-state index in [-0.39, 0.29) is 17.2 Å². The number of halogens is 1. The lowest BCUT2D eigenvalue weighted by Gasteiger charge is -2.32. The average Bonchev–Trinajstić information content (AvgIpc) is 3.16. The van der Waals surface area contributed by atoms with Crippen LogP contribution in [0.25, 0.3) is 10.9 Å². The molecule has 1 fully saturated rings. The standard InChI is InChI=1S/C31H35FN2O2S/c1-22-30(28-7-5-6-8-29(28)34(22)21-23-9-13-26(32)14-10-23)24-17-19-33(20-18-24)37(35,36)27-15-11-25(12-16-27)31(2,3)4/h5-16,24H,17-21H2,1-4H3. The predicted molar refractivity (Wildman–Crippen MR) is 148 cm³/mol. The minimum absolute atomic E-state index is 0.0195. The van der Waals surface area contributed by atoms with E-state index in [0.29, 0.717) is 24.5 Å². The van der Waals surface area contributed by atoms with Crippen LogP contribution in [0, 0.1) is 12.7 Å². The Bertz CT molecular complexity index is 1510. The van der Waals surface area contributed by atoms with Gasteiger partial charge in [-0.25, -0.2) is 12.8 Å². The van der Waals surface area contributed by atoms with Crippen LogP contribution in [0.4, 0.5) is 4.39 Å². The van der Waals surface area contributed by atoms with Gasteiger partial charge in [0, 0.05) is 36.2 Å². The van der Waals surface area contributed by atoms with Gasteiger partial charge in [-0.3, -0.25) is 0 Å². The number of piperidine rings is 1. The normalized spacial score (nSPS) is 15.9. The Balaban J connectivity index is 1.38. The third-order valence-corrected chi connectivity index (χ3v) is 9.67. The van der Waals surface area contributed by atoms with E-state index in [1.165, 1.54) is 28.8 Å². The van der Waals surface area contributed by atoms with Crippen molar-refractivity contribution in [1.29, 1.82) is 0 Å².